The van der Waals surface area contributed by atoms with E-state index in [0.29, 0.717) is 35.6 Å². The number of fused-ring (bicyclic) bond motifs is 2. The van der Waals surface area contributed by atoms with Crippen molar-refractivity contribution in [2.75, 3.05) is 33.2 Å². The second-order valence-corrected chi connectivity index (χ2v) is 7.95. The van der Waals surface area contributed by atoms with E-state index in [1.54, 1.807) is 30.3 Å². The Morgan fingerprint density at radius 2 is 1.77 bits per heavy atom. The zero-order valence-electron chi connectivity index (χ0n) is 16.2. The van der Waals surface area contributed by atoms with Gasteiger partial charge in [0.05, 0.1) is 27.2 Å². The van der Waals surface area contributed by atoms with Crippen LogP contribution in [-0.4, -0.2) is 70.7 Å². The van der Waals surface area contributed by atoms with E-state index in [9.17, 15) is 14.4 Å². The summed E-state index contributed by atoms with van der Waals surface area (Å²) in [5.74, 6) is -0.601. The Morgan fingerprint density at radius 3 is 2.53 bits per heavy atom. The number of imidazole rings is 1. The van der Waals surface area contributed by atoms with Crippen molar-refractivity contribution >= 4 is 40.4 Å². The van der Waals surface area contributed by atoms with Crippen molar-refractivity contribution in [1.82, 2.24) is 25.1 Å². The van der Waals surface area contributed by atoms with Crippen LogP contribution in [-0.2, 0) is 0 Å². The molecule has 8 nitrogen and oxygen atoms in total. The number of benzene rings is 2. The fraction of sp³-hybridized carbons (Fsp3) is 0.238. The van der Waals surface area contributed by atoms with Crippen LogP contribution in [0.5, 0.6) is 0 Å². The summed E-state index contributed by atoms with van der Waals surface area (Å²) in [6.07, 6.45) is 0. The highest BCUT2D eigenvalue weighted by Crippen LogP contribution is 2.33. The van der Waals surface area contributed by atoms with Gasteiger partial charge in [-0.15, -0.1) is 0 Å². The number of H-pyrrole nitrogens is 1. The van der Waals surface area contributed by atoms with Gasteiger partial charge in [-0.3, -0.25) is 19.7 Å². The monoisotopic (exact) mass is 423 g/mol. The molecule has 0 aliphatic carbocycles. The number of halogens is 1. The molecule has 0 spiro atoms. The van der Waals surface area contributed by atoms with Crippen LogP contribution in [0.2, 0.25) is 5.02 Å². The molecule has 9 heteroatoms. The molecule has 152 valence electrons. The number of carbonyl (C=O) groups excluding carboxylic acids is 3. The van der Waals surface area contributed by atoms with Crippen molar-refractivity contribution in [3.63, 3.8) is 0 Å². The van der Waals surface area contributed by atoms with Gasteiger partial charge in [-0.25, -0.2) is 4.98 Å². The predicted octanol–water partition coefficient (Wildman–Crippen LogP) is 2.15. The lowest BCUT2D eigenvalue weighted by atomic mass is 10.0. The van der Waals surface area contributed by atoms with Crippen molar-refractivity contribution in [3.05, 3.63) is 52.0 Å². The summed E-state index contributed by atoms with van der Waals surface area (Å²) in [5, 5.41) is 2.49. The lowest BCUT2D eigenvalue weighted by Crippen LogP contribution is -2.47. The number of nitrogens with zero attached hydrogens (tertiary/aromatic N) is 3. The van der Waals surface area contributed by atoms with E-state index in [2.05, 4.69) is 20.2 Å². The number of likely N-dealkylation sites (N-methyl/N-ethyl adjacent to an activating group) is 1. The molecule has 0 atom stereocenters. The standard InChI is InChI=1S/C21H18ClN5O3/c1-26-6-8-27(9-7-26)21(30)11-2-5-14-15(10-11)24-18(23-14)12-3-4-13(22)17-16(12)19(28)25-20(17)29/h2-5,10H,6-9H2,1H3,(H,23,24)(H,25,28,29). The Labute approximate surface area is 176 Å². The Bertz CT molecular complexity index is 1230. The lowest BCUT2D eigenvalue weighted by Gasteiger charge is -2.32. The maximum Gasteiger partial charge on any atom is 0.260 e. The summed E-state index contributed by atoms with van der Waals surface area (Å²) >= 11 is 6.12. The minimum atomic E-state index is -0.516. The first-order valence-corrected chi connectivity index (χ1v) is 9.96. The number of piperazine rings is 1. The van der Waals surface area contributed by atoms with Gasteiger partial charge in [0, 0.05) is 37.3 Å². The van der Waals surface area contributed by atoms with Crippen LogP contribution in [0.25, 0.3) is 22.4 Å². The molecule has 1 fully saturated rings. The summed E-state index contributed by atoms with van der Waals surface area (Å²) in [4.78, 5) is 49.0. The number of hydrogen-bond donors (Lipinski definition) is 2. The van der Waals surface area contributed by atoms with E-state index in [1.807, 2.05) is 11.9 Å². The third-order valence-corrected chi connectivity index (χ3v) is 5.93. The van der Waals surface area contributed by atoms with Gasteiger partial charge in [0.15, 0.2) is 0 Å². The van der Waals surface area contributed by atoms with E-state index in [4.69, 9.17) is 11.6 Å². The number of aromatic amines is 1. The lowest BCUT2D eigenvalue weighted by molar-refractivity contribution is 0.0663. The summed E-state index contributed by atoms with van der Waals surface area (Å²) in [6.45, 7) is 3.09. The molecule has 1 aromatic heterocycles. The van der Waals surface area contributed by atoms with Gasteiger partial charge in [0.25, 0.3) is 17.7 Å². The van der Waals surface area contributed by atoms with E-state index in [1.165, 1.54) is 0 Å². The molecular weight excluding hydrogens is 406 g/mol. The Kier molecular flexibility index (Phi) is 4.34. The van der Waals surface area contributed by atoms with Crippen LogP contribution in [0.3, 0.4) is 0 Å². The quantitative estimate of drug-likeness (QED) is 0.615. The molecular formula is C21H18ClN5O3. The number of hydrogen-bond acceptors (Lipinski definition) is 5. The number of carbonyl (C=O) groups is 3. The molecule has 3 amide bonds. The Morgan fingerprint density at radius 1 is 1.03 bits per heavy atom. The zero-order valence-corrected chi connectivity index (χ0v) is 16.9. The number of aromatic nitrogens is 2. The Hall–Kier alpha value is -3.23. The van der Waals surface area contributed by atoms with Crippen LogP contribution >= 0.6 is 11.6 Å². The Balaban J connectivity index is 1.52. The van der Waals surface area contributed by atoms with Gasteiger partial charge in [-0.05, 0) is 37.4 Å². The fourth-order valence-electron chi connectivity index (χ4n) is 3.92. The van der Waals surface area contributed by atoms with Crippen LogP contribution in [0, 0.1) is 0 Å². The molecule has 1 saturated heterocycles. The van der Waals surface area contributed by atoms with Crippen LogP contribution in [0.15, 0.2) is 30.3 Å². The average molecular weight is 424 g/mol. The molecule has 3 heterocycles. The normalized spacial score (nSPS) is 16.8. The van der Waals surface area contributed by atoms with Gasteiger partial charge in [0.1, 0.15) is 5.82 Å². The molecule has 2 N–H and O–H groups in total. The topological polar surface area (TPSA) is 98.4 Å². The van der Waals surface area contributed by atoms with Crippen LogP contribution < -0.4 is 5.32 Å². The minimum absolute atomic E-state index is 0.0214. The number of nitrogens with one attached hydrogen (secondary N) is 2. The summed E-state index contributed by atoms with van der Waals surface area (Å²) in [7, 11) is 2.04. The van der Waals surface area contributed by atoms with E-state index < -0.39 is 11.8 Å². The van der Waals surface area contributed by atoms with Gasteiger partial charge in [0.2, 0.25) is 0 Å². The fourth-order valence-corrected chi connectivity index (χ4v) is 4.16. The highest BCUT2D eigenvalue weighted by molar-refractivity contribution is 6.38. The van der Waals surface area contributed by atoms with Crippen molar-refractivity contribution in [3.8, 4) is 11.4 Å². The third-order valence-electron chi connectivity index (χ3n) is 5.61. The van der Waals surface area contributed by atoms with Crippen molar-refractivity contribution in [2.24, 2.45) is 0 Å². The maximum atomic E-state index is 12.9. The highest BCUT2D eigenvalue weighted by Gasteiger charge is 2.33. The van der Waals surface area contributed by atoms with Gasteiger partial charge in [-0.1, -0.05) is 11.6 Å². The van der Waals surface area contributed by atoms with Crippen molar-refractivity contribution in [2.45, 2.75) is 0 Å². The van der Waals surface area contributed by atoms with E-state index in [-0.39, 0.29) is 22.1 Å². The van der Waals surface area contributed by atoms with Crippen LogP contribution in [0.4, 0.5) is 0 Å². The highest BCUT2D eigenvalue weighted by atomic mass is 35.5. The largest absolute Gasteiger partial charge is 0.338 e. The second kappa shape index (κ2) is 6.93. The van der Waals surface area contributed by atoms with E-state index >= 15 is 0 Å². The molecule has 30 heavy (non-hydrogen) atoms. The molecule has 2 aliphatic rings. The molecule has 2 aromatic carbocycles. The van der Waals surface area contributed by atoms with Gasteiger partial charge >= 0.3 is 0 Å². The second-order valence-electron chi connectivity index (χ2n) is 7.54. The number of amides is 3. The summed E-state index contributed by atoms with van der Waals surface area (Å²) in [5.41, 5.74) is 2.76. The summed E-state index contributed by atoms with van der Waals surface area (Å²) in [6, 6.07) is 8.55. The first-order chi connectivity index (χ1) is 14.4. The number of imide groups is 1. The van der Waals surface area contributed by atoms with Crippen molar-refractivity contribution < 1.29 is 14.4 Å². The van der Waals surface area contributed by atoms with Crippen LogP contribution in [0.1, 0.15) is 31.1 Å². The first-order valence-electron chi connectivity index (χ1n) is 9.58. The molecule has 5 rings (SSSR count). The third kappa shape index (κ3) is 2.96. The first kappa shape index (κ1) is 18.8. The molecule has 0 bridgehead atoms. The minimum Gasteiger partial charge on any atom is -0.338 e. The average Bonchev–Trinajstić information content (AvgIpc) is 3.29. The molecule has 0 saturated carbocycles. The maximum absolute atomic E-state index is 12.9. The number of rotatable bonds is 2. The van der Waals surface area contributed by atoms with Gasteiger partial charge in [-0.2, -0.15) is 0 Å². The smallest absolute Gasteiger partial charge is 0.260 e. The molecule has 0 unspecified atom stereocenters. The van der Waals surface area contributed by atoms with Crippen molar-refractivity contribution in [1.29, 1.82) is 0 Å². The molecule has 2 aliphatic heterocycles. The predicted molar refractivity (Wildman–Crippen MR) is 112 cm³/mol. The molecule has 3 aromatic rings. The molecule has 0 radical (unpaired) electrons. The SMILES string of the molecule is CN1CCN(C(=O)c2ccc3[nH]c(-c4ccc(Cl)c5c4C(=O)NC5=O)nc3c2)CC1. The summed E-state index contributed by atoms with van der Waals surface area (Å²) < 4.78 is 0. The zero-order chi connectivity index (χ0) is 21.0. The van der Waals surface area contributed by atoms with E-state index in [0.717, 1.165) is 18.6 Å². The van der Waals surface area contributed by atoms with Gasteiger partial charge < -0.3 is 14.8 Å².